The number of hydrogen-bond donors (Lipinski definition) is 2. The van der Waals surface area contributed by atoms with E-state index in [0.29, 0.717) is 5.92 Å². The van der Waals surface area contributed by atoms with E-state index in [4.69, 9.17) is 0 Å². The van der Waals surface area contributed by atoms with Crippen LogP contribution in [0.2, 0.25) is 0 Å². The van der Waals surface area contributed by atoms with E-state index in [-0.39, 0.29) is 0 Å². The van der Waals surface area contributed by atoms with Crippen molar-refractivity contribution in [1.29, 1.82) is 0 Å². The predicted molar refractivity (Wildman–Crippen MR) is 61.6 cm³/mol. The van der Waals surface area contributed by atoms with Gasteiger partial charge in [-0.3, -0.25) is 0 Å². The summed E-state index contributed by atoms with van der Waals surface area (Å²) < 4.78 is 0. The van der Waals surface area contributed by atoms with E-state index >= 15 is 0 Å². The topological polar surface area (TPSA) is 32.3 Å². The lowest BCUT2D eigenvalue weighted by Gasteiger charge is -2.28. The zero-order chi connectivity index (χ0) is 10.7. The van der Waals surface area contributed by atoms with Crippen LogP contribution in [0.4, 0.5) is 0 Å². The fourth-order valence-corrected chi connectivity index (χ4v) is 2.19. The number of nitrogens with one attached hydrogen (secondary N) is 1. The molecule has 82 valence electrons. The molecule has 1 atom stereocenters. The first-order chi connectivity index (χ1) is 7.27. The van der Waals surface area contributed by atoms with E-state index in [1.54, 1.807) is 0 Å². The number of hydrogen-bond acceptors (Lipinski definition) is 2. The van der Waals surface area contributed by atoms with E-state index < -0.39 is 5.60 Å². The Morgan fingerprint density at radius 2 is 2.00 bits per heavy atom. The van der Waals surface area contributed by atoms with E-state index in [1.807, 2.05) is 37.4 Å². The largest absolute Gasteiger partial charge is 0.385 e. The van der Waals surface area contributed by atoms with Crippen LogP contribution in [0.3, 0.4) is 0 Å². The molecule has 2 nitrogen and oxygen atoms in total. The standard InChI is InChI=1S/C13H19NO/c1-14-10-9-13(15,12-7-8-12)11-5-3-2-4-6-11/h2-6,12,14-15H,7-10H2,1H3. The van der Waals surface area contributed by atoms with Gasteiger partial charge < -0.3 is 10.4 Å². The molecule has 0 aromatic heterocycles. The fraction of sp³-hybridized carbons (Fsp3) is 0.538. The first kappa shape index (κ1) is 10.7. The van der Waals surface area contributed by atoms with E-state index in [1.165, 1.54) is 0 Å². The smallest absolute Gasteiger partial charge is 0.0936 e. The molecule has 0 amide bonds. The monoisotopic (exact) mass is 205 g/mol. The Morgan fingerprint density at radius 3 is 2.53 bits per heavy atom. The lowest BCUT2D eigenvalue weighted by atomic mass is 9.86. The van der Waals surface area contributed by atoms with Gasteiger partial charge in [-0.15, -0.1) is 0 Å². The van der Waals surface area contributed by atoms with Crippen LogP contribution in [0.5, 0.6) is 0 Å². The second kappa shape index (κ2) is 4.33. The fourth-order valence-electron chi connectivity index (χ4n) is 2.19. The van der Waals surface area contributed by atoms with Gasteiger partial charge in [-0.05, 0) is 44.3 Å². The molecule has 1 fully saturated rings. The third-order valence-electron chi connectivity index (χ3n) is 3.28. The highest BCUT2D eigenvalue weighted by atomic mass is 16.3. The molecule has 15 heavy (non-hydrogen) atoms. The highest BCUT2D eigenvalue weighted by molar-refractivity contribution is 5.24. The Bertz CT molecular complexity index is 308. The second-order valence-corrected chi connectivity index (χ2v) is 4.42. The van der Waals surface area contributed by atoms with Gasteiger partial charge in [-0.2, -0.15) is 0 Å². The van der Waals surface area contributed by atoms with Gasteiger partial charge in [0.2, 0.25) is 0 Å². The van der Waals surface area contributed by atoms with Crippen LogP contribution in [-0.4, -0.2) is 18.7 Å². The summed E-state index contributed by atoms with van der Waals surface area (Å²) in [7, 11) is 1.93. The van der Waals surface area contributed by atoms with Crippen LogP contribution < -0.4 is 5.32 Å². The maximum atomic E-state index is 10.7. The Hall–Kier alpha value is -0.860. The lowest BCUT2D eigenvalue weighted by Crippen LogP contribution is -2.32. The zero-order valence-electron chi connectivity index (χ0n) is 9.24. The first-order valence-electron chi connectivity index (χ1n) is 5.70. The minimum Gasteiger partial charge on any atom is -0.385 e. The van der Waals surface area contributed by atoms with Gasteiger partial charge in [0, 0.05) is 0 Å². The molecule has 2 heteroatoms. The van der Waals surface area contributed by atoms with Gasteiger partial charge in [-0.25, -0.2) is 0 Å². The molecule has 2 N–H and O–H groups in total. The first-order valence-corrected chi connectivity index (χ1v) is 5.70. The van der Waals surface area contributed by atoms with Crippen molar-refractivity contribution in [1.82, 2.24) is 5.32 Å². The highest BCUT2D eigenvalue weighted by Gasteiger charge is 2.44. The molecule has 0 aliphatic heterocycles. The minimum absolute atomic E-state index is 0.466. The van der Waals surface area contributed by atoms with E-state index in [9.17, 15) is 5.11 Å². The molecule has 1 aliphatic rings. The summed E-state index contributed by atoms with van der Waals surface area (Å²) in [6.45, 7) is 0.863. The normalized spacial score (nSPS) is 19.9. The van der Waals surface area contributed by atoms with Gasteiger partial charge in [0.15, 0.2) is 0 Å². The summed E-state index contributed by atoms with van der Waals surface area (Å²) in [5.41, 5.74) is 0.465. The molecule has 1 unspecified atom stereocenters. The molecule has 1 saturated carbocycles. The van der Waals surface area contributed by atoms with Crippen molar-refractivity contribution < 1.29 is 5.11 Å². The number of aliphatic hydroxyl groups is 1. The third-order valence-corrected chi connectivity index (χ3v) is 3.28. The van der Waals surface area contributed by atoms with Gasteiger partial charge in [0.25, 0.3) is 0 Å². The van der Waals surface area contributed by atoms with Crippen LogP contribution in [0.1, 0.15) is 24.8 Å². The molecular formula is C13H19NO. The van der Waals surface area contributed by atoms with Crippen LogP contribution in [0, 0.1) is 5.92 Å². The summed E-state index contributed by atoms with van der Waals surface area (Å²) >= 11 is 0. The van der Waals surface area contributed by atoms with Crippen LogP contribution >= 0.6 is 0 Å². The summed E-state index contributed by atoms with van der Waals surface area (Å²) in [5, 5.41) is 13.8. The maximum Gasteiger partial charge on any atom is 0.0936 e. The van der Waals surface area contributed by atoms with Crippen LogP contribution in [0.15, 0.2) is 30.3 Å². The van der Waals surface area contributed by atoms with Crippen molar-refractivity contribution in [2.45, 2.75) is 24.9 Å². The quantitative estimate of drug-likeness (QED) is 0.769. The molecule has 1 aromatic rings. The van der Waals surface area contributed by atoms with Crippen LogP contribution in [-0.2, 0) is 5.60 Å². The molecule has 2 rings (SSSR count). The Kier molecular flexibility index (Phi) is 3.08. The van der Waals surface area contributed by atoms with Gasteiger partial charge in [-0.1, -0.05) is 30.3 Å². The zero-order valence-corrected chi connectivity index (χ0v) is 9.24. The average molecular weight is 205 g/mol. The molecule has 0 spiro atoms. The SMILES string of the molecule is CNCCC(O)(c1ccccc1)C1CC1. The Morgan fingerprint density at radius 1 is 1.33 bits per heavy atom. The lowest BCUT2D eigenvalue weighted by molar-refractivity contribution is 0.00494. The van der Waals surface area contributed by atoms with E-state index in [2.05, 4.69) is 5.32 Å². The second-order valence-electron chi connectivity index (χ2n) is 4.42. The van der Waals surface area contributed by atoms with Crippen molar-refractivity contribution in [3.63, 3.8) is 0 Å². The average Bonchev–Trinajstić information content (AvgIpc) is 3.11. The van der Waals surface area contributed by atoms with Crippen molar-refractivity contribution in [3.05, 3.63) is 35.9 Å². The van der Waals surface area contributed by atoms with Crippen LogP contribution in [0.25, 0.3) is 0 Å². The van der Waals surface area contributed by atoms with Crippen molar-refractivity contribution in [2.24, 2.45) is 5.92 Å². The minimum atomic E-state index is -0.607. The Labute approximate surface area is 91.3 Å². The predicted octanol–water partition coefficient (Wildman–Crippen LogP) is 1.89. The van der Waals surface area contributed by atoms with Crippen molar-refractivity contribution >= 4 is 0 Å². The molecule has 1 aliphatic carbocycles. The van der Waals surface area contributed by atoms with E-state index in [0.717, 1.165) is 31.4 Å². The maximum absolute atomic E-state index is 10.7. The molecule has 0 saturated heterocycles. The number of rotatable bonds is 5. The Balaban J connectivity index is 2.18. The van der Waals surface area contributed by atoms with Gasteiger partial charge in [0.1, 0.15) is 0 Å². The van der Waals surface area contributed by atoms with Gasteiger partial charge in [0.05, 0.1) is 5.60 Å². The summed E-state index contributed by atoms with van der Waals surface area (Å²) in [6, 6.07) is 10.1. The molecule has 1 aromatic carbocycles. The molecule has 0 heterocycles. The summed E-state index contributed by atoms with van der Waals surface area (Å²) in [4.78, 5) is 0. The number of benzene rings is 1. The third kappa shape index (κ3) is 2.21. The van der Waals surface area contributed by atoms with Crippen molar-refractivity contribution in [2.75, 3.05) is 13.6 Å². The molecular weight excluding hydrogens is 186 g/mol. The summed E-state index contributed by atoms with van der Waals surface area (Å²) in [5.74, 6) is 0.466. The van der Waals surface area contributed by atoms with Crippen molar-refractivity contribution in [3.8, 4) is 0 Å². The highest BCUT2D eigenvalue weighted by Crippen LogP contribution is 2.47. The molecule has 0 bridgehead atoms. The summed E-state index contributed by atoms with van der Waals surface area (Å²) in [6.07, 6.45) is 3.13. The van der Waals surface area contributed by atoms with Gasteiger partial charge >= 0.3 is 0 Å². The molecule has 0 radical (unpaired) electrons.